The second kappa shape index (κ2) is 15.2. The first kappa shape index (κ1) is 26.6. The maximum Gasteiger partial charge on any atom is 0.274 e. The molecule has 9 nitrogen and oxygen atoms in total. The fourth-order valence-electron chi connectivity index (χ4n) is 3.04. The van der Waals surface area contributed by atoms with Gasteiger partial charge in [0, 0.05) is 25.4 Å². The van der Waals surface area contributed by atoms with Crippen LogP contribution in [-0.4, -0.2) is 56.4 Å². The molecule has 3 N–H and O–H groups in total. The Hall–Kier alpha value is -2.69. The summed E-state index contributed by atoms with van der Waals surface area (Å²) < 4.78 is 11.5. The first-order valence-electron chi connectivity index (χ1n) is 11.0. The van der Waals surface area contributed by atoms with Crippen LogP contribution in [0.1, 0.15) is 23.5 Å². The minimum Gasteiger partial charge on any atom is -0.494 e. The number of nitrogens with one attached hydrogen (secondary N) is 3. The average molecular weight is 478 g/mol. The molecular weight excluding hydrogens is 442 g/mol. The van der Waals surface area contributed by atoms with Gasteiger partial charge in [-0.05, 0) is 57.4 Å². The summed E-state index contributed by atoms with van der Waals surface area (Å²) in [6, 6.07) is 12.0. The van der Waals surface area contributed by atoms with E-state index >= 15 is 0 Å². The van der Waals surface area contributed by atoms with Crippen molar-refractivity contribution in [2.45, 2.75) is 25.3 Å². The lowest BCUT2D eigenvalue weighted by Gasteiger charge is -2.13. The van der Waals surface area contributed by atoms with Crippen LogP contribution in [-0.2, 0) is 18.8 Å². The van der Waals surface area contributed by atoms with E-state index in [0.29, 0.717) is 32.1 Å². The van der Waals surface area contributed by atoms with E-state index in [1.807, 2.05) is 51.5 Å². The number of nitrogens with zero attached hydrogens (tertiary/aromatic N) is 2. The molecule has 0 aliphatic rings. The summed E-state index contributed by atoms with van der Waals surface area (Å²) in [7, 11) is 5.94. The van der Waals surface area contributed by atoms with E-state index in [1.54, 1.807) is 11.8 Å². The number of nitro groups is 1. The molecule has 0 aliphatic carbocycles. The number of ether oxygens (including phenoxy) is 1. The van der Waals surface area contributed by atoms with Crippen LogP contribution in [0.4, 0.5) is 0 Å². The topological polar surface area (TPSA) is 105 Å². The zero-order chi connectivity index (χ0) is 23.9. The Labute approximate surface area is 200 Å². The standard InChI is InChI=1S/C23H35N5O4S/c1-24-15-21-8-9-22(32-21)18-33-13-11-26-23(17-28(29)30)25-10-5-12-31-20-7-4-6-19(14-20)16-27(2)3/h4,6-9,14,17,24-26H,5,10-13,15-16,18H2,1-3H3/b23-17-. The molecule has 0 amide bonds. The molecule has 2 rings (SSSR count). The van der Waals surface area contributed by atoms with E-state index in [2.05, 4.69) is 26.9 Å². The number of furan rings is 1. The smallest absolute Gasteiger partial charge is 0.274 e. The maximum atomic E-state index is 10.9. The van der Waals surface area contributed by atoms with Crippen molar-refractivity contribution in [3.05, 3.63) is 75.6 Å². The van der Waals surface area contributed by atoms with Crippen LogP contribution in [0.25, 0.3) is 0 Å². The summed E-state index contributed by atoms with van der Waals surface area (Å²) in [4.78, 5) is 12.6. The summed E-state index contributed by atoms with van der Waals surface area (Å²) in [5, 5.41) is 20.2. The van der Waals surface area contributed by atoms with Crippen LogP contribution in [0.3, 0.4) is 0 Å². The number of hydrogen-bond acceptors (Lipinski definition) is 9. The molecule has 0 atom stereocenters. The lowest BCUT2D eigenvalue weighted by atomic mass is 10.2. The van der Waals surface area contributed by atoms with Gasteiger partial charge in [0.2, 0.25) is 0 Å². The van der Waals surface area contributed by atoms with Crippen molar-refractivity contribution >= 4 is 11.8 Å². The number of thioether (sulfide) groups is 1. The van der Waals surface area contributed by atoms with E-state index < -0.39 is 4.92 Å². The SMILES string of the molecule is CNCc1ccc(CSCCN/C(=C\[N+](=O)[O-])NCCCOc2cccc(CN(C)C)c2)o1. The molecule has 1 heterocycles. The number of hydrogen-bond donors (Lipinski definition) is 3. The Kier molecular flexibility index (Phi) is 12.2. The molecule has 0 spiro atoms. The Morgan fingerprint density at radius 2 is 2.00 bits per heavy atom. The van der Waals surface area contributed by atoms with Crippen molar-refractivity contribution in [2.24, 2.45) is 0 Å². The van der Waals surface area contributed by atoms with Crippen LogP contribution in [0.5, 0.6) is 5.75 Å². The monoisotopic (exact) mass is 477 g/mol. The fourth-order valence-corrected chi connectivity index (χ4v) is 3.79. The van der Waals surface area contributed by atoms with Gasteiger partial charge in [-0.25, -0.2) is 0 Å². The van der Waals surface area contributed by atoms with Gasteiger partial charge < -0.3 is 30.0 Å². The van der Waals surface area contributed by atoms with E-state index in [0.717, 1.165) is 47.9 Å². The number of rotatable bonds is 17. The second-order valence-corrected chi connectivity index (χ2v) is 8.82. The summed E-state index contributed by atoms with van der Waals surface area (Å²) in [6.45, 7) is 3.27. The normalized spacial score (nSPS) is 11.6. The molecule has 1 aromatic heterocycles. The van der Waals surface area contributed by atoms with Crippen molar-refractivity contribution in [3.8, 4) is 5.75 Å². The van der Waals surface area contributed by atoms with E-state index in [4.69, 9.17) is 9.15 Å². The summed E-state index contributed by atoms with van der Waals surface area (Å²) >= 11 is 1.71. The van der Waals surface area contributed by atoms with Gasteiger partial charge in [0.25, 0.3) is 6.20 Å². The highest BCUT2D eigenvalue weighted by molar-refractivity contribution is 7.98. The number of benzene rings is 1. The molecule has 182 valence electrons. The minimum atomic E-state index is -0.457. The van der Waals surface area contributed by atoms with Crippen molar-refractivity contribution in [2.75, 3.05) is 46.6 Å². The molecule has 33 heavy (non-hydrogen) atoms. The van der Waals surface area contributed by atoms with Crippen molar-refractivity contribution in [1.29, 1.82) is 0 Å². The van der Waals surface area contributed by atoms with Crippen LogP contribution < -0.4 is 20.7 Å². The minimum absolute atomic E-state index is 0.405. The largest absolute Gasteiger partial charge is 0.494 e. The molecule has 0 fully saturated rings. The highest BCUT2D eigenvalue weighted by Gasteiger charge is 2.05. The fraction of sp³-hybridized carbons (Fsp3) is 0.478. The molecule has 0 bridgehead atoms. The lowest BCUT2D eigenvalue weighted by Crippen LogP contribution is -2.30. The van der Waals surface area contributed by atoms with E-state index in [1.165, 1.54) is 5.56 Å². The predicted octanol–water partition coefficient (Wildman–Crippen LogP) is 3.02. The molecule has 0 unspecified atom stereocenters. The van der Waals surface area contributed by atoms with Gasteiger partial charge >= 0.3 is 0 Å². The van der Waals surface area contributed by atoms with Gasteiger partial charge in [0.1, 0.15) is 17.3 Å². The lowest BCUT2D eigenvalue weighted by molar-refractivity contribution is -0.404. The molecule has 0 saturated carbocycles. The Morgan fingerprint density at radius 1 is 1.21 bits per heavy atom. The third-order valence-corrected chi connectivity index (χ3v) is 5.39. The zero-order valence-corrected chi connectivity index (χ0v) is 20.5. The predicted molar refractivity (Wildman–Crippen MR) is 133 cm³/mol. The molecular formula is C23H35N5O4S. The van der Waals surface area contributed by atoms with Gasteiger partial charge in [-0.15, -0.1) is 0 Å². The van der Waals surface area contributed by atoms with Crippen molar-refractivity contribution in [1.82, 2.24) is 20.9 Å². The van der Waals surface area contributed by atoms with Gasteiger partial charge in [-0.2, -0.15) is 11.8 Å². The first-order chi connectivity index (χ1) is 16.0. The Bertz CT molecular complexity index is 872. The molecule has 1 aromatic carbocycles. The molecule has 0 radical (unpaired) electrons. The van der Waals surface area contributed by atoms with Gasteiger partial charge in [0.05, 0.1) is 23.8 Å². The van der Waals surface area contributed by atoms with Crippen molar-refractivity contribution < 1.29 is 14.1 Å². The van der Waals surface area contributed by atoms with Crippen LogP contribution in [0.2, 0.25) is 0 Å². The Morgan fingerprint density at radius 3 is 2.76 bits per heavy atom. The first-order valence-corrected chi connectivity index (χ1v) is 12.1. The summed E-state index contributed by atoms with van der Waals surface area (Å²) in [5.41, 5.74) is 1.19. The van der Waals surface area contributed by atoms with E-state index in [-0.39, 0.29) is 0 Å². The van der Waals surface area contributed by atoms with Crippen LogP contribution in [0.15, 0.2) is 52.8 Å². The summed E-state index contributed by atoms with van der Waals surface area (Å²) in [5.74, 6) is 4.64. The molecule has 2 aromatic rings. The average Bonchev–Trinajstić information content (AvgIpc) is 3.20. The molecule has 10 heteroatoms. The highest BCUT2D eigenvalue weighted by atomic mass is 32.2. The van der Waals surface area contributed by atoms with Gasteiger partial charge in [-0.3, -0.25) is 10.1 Å². The molecule has 0 saturated heterocycles. The quantitative estimate of drug-likeness (QED) is 0.180. The van der Waals surface area contributed by atoms with Crippen molar-refractivity contribution in [3.63, 3.8) is 0 Å². The second-order valence-electron chi connectivity index (χ2n) is 7.72. The zero-order valence-electron chi connectivity index (χ0n) is 19.6. The summed E-state index contributed by atoms with van der Waals surface area (Å²) in [6.07, 6.45) is 1.68. The Balaban J connectivity index is 1.64. The van der Waals surface area contributed by atoms with Gasteiger partial charge in [0.15, 0.2) is 5.82 Å². The third-order valence-electron chi connectivity index (χ3n) is 4.41. The molecule has 0 aliphatic heterocycles. The van der Waals surface area contributed by atoms with E-state index in [9.17, 15) is 10.1 Å². The third kappa shape index (κ3) is 11.7. The maximum absolute atomic E-state index is 10.9. The van der Waals surface area contributed by atoms with Gasteiger partial charge in [-0.1, -0.05) is 12.1 Å². The van der Waals surface area contributed by atoms with Crippen LogP contribution >= 0.6 is 11.8 Å². The van der Waals surface area contributed by atoms with Crippen LogP contribution in [0, 0.1) is 10.1 Å². The highest BCUT2D eigenvalue weighted by Crippen LogP contribution is 2.16.